The fraction of sp³-hybridized carbons (Fsp3) is 0.222. The van der Waals surface area contributed by atoms with Crippen LogP contribution in [0.3, 0.4) is 0 Å². The smallest absolute Gasteiger partial charge is 0.258 e. The lowest BCUT2D eigenvalue weighted by molar-refractivity contribution is -0.123. The highest BCUT2D eigenvalue weighted by molar-refractivity contribution is 5.78. The number of nitrogens with one attached hydrogen (secondary N) is 1. The van der Waals surface area contributed by atoms with E-state index < -0.39 is 23.6 Å². The van der Waals surface area contributed by atoms with Gasteiger partial charge in [0.05, 0.1) is 24.8 Å². The minimum absolute atomic E-state index is 0.172. The van der Waals surface area contributed by atoms with Gasteiger partial charge in [-0.3, -0.25) is 4.79 Å². The summed E-state index contributed by atoms with van der Waals surface area (Å²) in [4.78, 5) is 12.0. The van der Waals surface area contributed by atoms with Crippen LogP contribution in [0.2, 0.25) is 0 Å². The molecule has 0 aliphatic heterocycles. The number of carbonyl (C=O) groups excluding carboxylic acids is 1. The van der Waals surface area contributed by atoms with Gasteiger partial charge in [-0.15, -0.1) is 0 Å². The first-order valence-corrected chi connectivity index (χ1v) is 7.40. The molecule has 0 saturated heterocycles. The maximum Gasteiger partial charge on any atom is 0.258 e. The van der Waals surface area contributed by atoms with Gasteiger partial charge in [0.1, 0.15) is 11.6 Å². The van der Waals surface area contributed by atoms with E-state index in [9.17, 15) is 13.6 Å². The quantitative estimate of drug-likeness (QED) is 0.872. The molecule has 2 rings (SSSR count). The summed E-state index contributed by atoms with van der Waals surface area (Å²) >= 11 is 0. The second-order valence-electron chi connectivity index (χ2n) is 5.22. The molecule has 2 aromatic rings. The number of hydrogen-bond donors (Lipinski definition) is 1. The first-order valence-electron chi connectivity index (χ1n) is 7.40. The third-order valence-electron chi connectivity index (χ3n) is 3.46. The highest BCUT2D eigenvalue weighted by Crippen LogP contribution is 2.27. The van der Waals surface area contributed by atoms with Crippen molar-refractivity contribution >= 4 is 5.91 Å². The van der Waals surface area contributed by atoms with Crippen molar-refractivity contribution in [2.24, 2.45) is 0 Å². The van der Waals surface area contributed by atoms with Gasteiger partial charge >= 0.3 is 0 Å². The normalized spacial score (nSPS) is 11.3. The maximum absolute atomic E-state index is 13.7. The predicted molar refractivity (Wildman–Crippen MR) is 86.1 cm³/mol. The first-order chi connectivity index (χ1) is 11.9. The third kappa shape index (κ3) is 4.67. The fourth-order valence-corrected chi connectivity index (χ4v) is 2.21. The van der Waals surface area contributed by atoms with Crippen molar-refractivity contribution in [2.75, 3.05) is 13.7 Å². The Balaban J connectivity index is 1.98. The van der Waals surface area contributed by atoms with Gasteiger partial charge in [0.2, 0.25) is 0 Å². The van der Waals surface area contributed by atoms with Gasteiger partial charge in [0, 0.05) is 17.7 Å². The Morgan fingerprint density at radius 3 is 2.64 bits per heavy atom. The standard InChI is InChI=1S/C18H16F2N2O3/c1-11(14-5-4-13(19)8-15(14)20)22-18(23)10-25-16-6-3-12(9-21)7-17(16)24-2/h3-8,11H,10H2,1-2H3,(H,22,23)/t11-/m0/s1. The molecule has 130 valence electrons. The number of nitrogens with zero attached hydrogens (tertiary/aromatic N) is 1. The first kappa shape index (κ1) is 18.2. The van der Waals surface area contributed by atoms with Gasteiger partial charge in [-0.2, -0.15) is 5.26 Å². The van der Waals surface area contributed by atoms with Crippen LogP contribution in [0.15, 0.2) is 36.4 Å². The number of nitriles is 1. The van der Waals surface area contributed by atoms with Crippen LogP contribution in [0.1, 0.15) is 24.1 Å². The molecule has 1 N–H and O–H groups in total. The Hall–Kier alpha value is -3.14. The molecule has 0 aromatic heterocycles. The van der Waals surface area contributed by atoms with E-state index >= 15 is 0 Å². The van der Waals surface area contributed by atoms with E-state index in [1.54, 1.807) is 6.92 Å². The van der Waals surface area contributed by atoms with Crippen molar-refractivity contribution in [1.82, 2.24) is 5.32 Å². The summed E-state index contributed by atoms with van der Waals surface area (Å²) in [6.45, 7) is 1.26. The van der Waals surface area contributed by atoms with E-state index in [-0.39, 0.29) is 12.2 Å². The van der Waals surface area contributed by atoms with E-state index in [2.05, 4.69) is 5.32 Å². The molecular formula is C18H16F2N2O3. The number of methoxy groups -OCH3 is 1. The summed E-state index contributed by atoms with van der Waals surface area (Å²) < 4.78 is 37.1. The fourth-order valence-electron chi connectivity index (χ4n) is 2.21. The molecule has 0 aliphatic rings. The van der Waals surface area contributed by atoms with Gasteiger partial charge in [-0.1, -0.05) is 6.07 Å². The Morgan fingerprint density at radius 1 is 1.24 bits per heavy atom. The van der Waals surface area contributed by atoms with Gasteiger partial charge in [-0.05, 0) is 25.1 Å². The highest BCUT2D eigenvalue weighted by atomic mass is 19.1. The Bertz CT molecular complexity index is 818. The summed E-state index contributed by atoms with van der Waals surface area (Å²) in [7, 11) is 1.42. The van der Waals surface area contributed by atoms with Crippen LogP contribution in [0.4, 0.5) is 8.78 Å². The van der Waals surface area contributed by atoms with Crippen molar-refractivity contribution < 1.29 is 23.0 Å². The lowest BCUT2D eigenvalue weighted by atomic mass is 10.1. The summed E-state index contributed by atoms with van der Waals surface area (Å²) in [5.41, 5.74) is 0.569. The second kappa shape index (κ2) is 8.11. The molecule has 1 atom stereocenters. The number of carbonyl (C=O) groups is 1. The van der Waals surface area contributed by atoms with Crippen LogP contribution >= 0.6 is 0 Å². The molecule has 2 aromatic carbocycles. The zero-order valence-electron chi connectivity index (χ0n) is 13.7. The number of hydrogen-bond acceptors (Lipinski definition) is 4. The van der Waals surface area contributed by atoms with Crippen LogP contribution in [-0.2, 0) is 4.79 Å². The van der Waals surface area contributed by atoms with Gasteiger partial charge in [0.15, 0.2) is 18.1 Å². The van der Waals surface area contributed by atoms with E-state index in [0.717, 1.165) is 12.1 Å². The van der Waals surface area contributed by atoms with Crippen LogP contribution in [0.25, 0.3) is 0 Å². The Morgan fingerprint density at radius 2 is 2.00 bits per heavy atom. The lowest BCUT2D eigenvalue weighted by Gasteiger charge is -2.16. The summed E-state index contributed by atoms with van der Waals surface area (Å²) in [6, 6.07) is 9.02. The van der Waals surface area contributed by atoms with Gasteiger partial charge < -0.3 is 14.8 Å². The largest absolute Gasteiger partial charge is 0.493 e. The molecular weight excluding hydrogens is 330 g/mol. The zero-order valence-corrected chi connectivity index (χ0v) is 13.7. The van der Waals surface area contributed by atoms with Crippen molar-refractivity contribution in [3.63, 3.8) is 0 Å². The van der Waals surface area contributed by atoms with Crippen LogP contribution in [-0.4, -0.2) is 19.6 Å². The van der Waals surface area contributed by atoms with Crippen molar-refractivity contribution in [3.05, 3.63) is 59.2 Å². The molecule has 25 heavy (non-hydrogen) atoms. The molecule has 0 spiro atoms. The Kier molecular flexibility index (Phi) is 5.90. The van der Waals surface area contributed by atoms with Crippen molar-refractivity contribution in [1.29, 1.82) is 5.26 Å². The number of benzene rings is 2. The minimum atomic E-state index is -0.734. The number of rotatable bonds is 6. The molecule has 0 saturated carbocycles. The van der Waals surface area contributed by atoms with Gasteiger partial charge in [-0.25, -0.2) is 8.78 Å². The molecule has 7 heteroatoms. The highest BCUT2D eigenvalue weighted by Gasteiger charge is 2.15. The number of amides is 1. The van der Waals surface area contributed by atoms with E-state index in [1.165, 1.54) is 31.4 Å². The average Bonchev–Trinajstić information content (AvgIpc) is 2.59. The van der Waals surface area contributed by atoms with Crippen LogP contribution < -0.4 is 14.8 Å². The molecule has 0 aliphatic carbocycles. The number of ether oxygens (including phenoxy) is 2. The Labute approximate surface area is 143 Å². The molecule has 0 fully saturated rings. The summed E-state index contributed by atoms with van der Waals surface area (Å²) in [5.74, 6) is -1.28. The molecule has 1 amide bonds. The van der Waals surface area contributed by atoms with Crippen LogP contribution in [0, 0.1) is 23.0 Å². The predicted octanol–water partition coefficient (Wildman–Crippen LogP) is 3.10. The zero-order chi connectivity index (χ0) is 18.4. The molecule has 0 unspecified atom stereocenters. The van der Waals surface area contributed by atoms with Crippen molar-refractivity contribution in [2.45, 2.75) is 13.0 Å². The summed E-state index contributed by atoms with van der Waals surface area (Å²) in [5, 5.41) is 11.4. The minimum Gasteiger partial charge on any atom is -0.493 e. The molecule has 0 radical (unpaired) electrons. The summed E-state index contributed by atoms with van der Waals surface area (Å²) in [6.07, 6.45) is 0. The molecule has 5 nitrogen and oxygen atoms in total. The van der Waals surface area contributed by atoms with Gasteiger partial charge in [0.25, 0.3) is 5.91 Å². The average molecular weight is 346 g/mol. The monoisotopic (exact) mass is 346 g/mol. The molecule has 0 bridgehead atoms. The third-order valence-corrected chi connectivity index (χ3v) is 3.46. The van der Waals surface area contributed by atoms with E-state index in [4.69, 9.17) is 14.7 Å². The second-order valence-corrected chi connectivity index (χ2v) is 5.22. The lowest BCUT2D eigenvalue weighted by Crippen LogP contribution is -2.31. The maximum atomic E-state index is 13.7. The topological polar surface area (TPSA) is 71.3 Å². The van der Waals surface area contributed by atoms with Crippen LogP contribution in [0.5, 0.6) is 11.5 Å². The van der Waals surface area contributed by atoms with E-state index in [1.807, 2.05) is 6.07 Å². The number of halogens is 2. The molecule has 0 heterocycles. The SMILES string of the molecule is COc1cc(C#N)ccc1OCC(=O)N[C@@H](C)c1ccc(F)cc1F. The van der Waals surface area contributed by atoms with E-state index in [0.29, 0.717) is 17.1 Å². The van der Waals surface area contributed by atoms with Crippen molar-refractivity contribution in [3.8, 4) is 17.6 Å².